The average molecular weight is 313 g/mol. The third-order valence-corrected chi connectivity index (χ3v) is 3.49. The van der Waals surface area contributed by atoms with E-state index in [4.69, 9.17) is 13.9 Å². The Morgan fingerprint density at radius 2 is 1.83 bits per heavy atom. The Morgan fingerprint density at radius 3 is 2.52 bits per heavy atom. The van der Waals surface area contributed by atoms with E-state index in [1.165, 1.54) is 12.1 Å². The van der Waals surface area contributed by atoms with E-state index in [2.05, 4.69) is 0 Å². The van der Waals surface area contributed by atoms with Crippen LogP contribution in [0.15, 0.2) is 46.9 Å². The fourth-order valence-corrected chi connectivity index (χ4v) is 2.36. The van der Waals surface area contributed by atoms with Crippen molar-refractivity contribution in [3.8, 4) is 34.3 Å². The summed E-state index contributed by atoms with van der Waals surface area (Å²) in [7, 11) is 1.60. The Kier molecular flexibility index (Phi) is 3.93. The molecule has 0 saturated heterocycles. The number of phenols is 2. The molecule has 5 nitrogen and oxygen atoms in total. The van der Waals surface area contributed by atoms with Gasteiger partial charge in [-0.2, -0.15) is 0 Å². The van der Waals surface area contributed by atoms with Crippen LogP contribution in [0.3, 0.4) is 0 Å². The summed E-state index contributed by atoms with van der Waals surface area (Å²) >= 11 is 0. The lowest BCUT2D eigenvalue weighted by Crippen LogP contribution is -1.94. The Morgan fingerprint density at radius 1 is 1.00 bits per heavy atom. The monoisotopic (exact) mass is 313 g/mol. The number of fused-ring (bicyclic) bond motifs is 1. The highest BCUT2D eigenvalue weighted by Crippen LogP contribution is 2.37. The number of methoxy groups -OCH3 is 1. The maximum absolute atomic E-state index is 9.68. The summed E-state index contributed by atoms with van der Waals surface area (Å²) in [6, 6.07) is 11.7. The van der Waals surface area contributed by atoms with Crippen LogP contribution in [0.25, 0.3) is 22.3 Å². The van der Waals surface area contributed by atoms with Crippen molar-refractivity contribution >= 4 is 11.0 Å². The largest absolute Gasteiger partial charge is 0.504 e. The van der Waals surface area contributed by atoms with Crippen LogP contribution in [0.2, 0.25) is 0 Å². The predicted octanol–water partition coefficient (Wildman–Crippen LogP) is 4.20. The Labute approximate surface area is 133 Å². The smallest absolute Gasteiger partial charge is 0.364 e. The standard InChI is InChI=1S/C18H16O5/c1-3-22-18-10-17(11-4-6-14(19)15(20)8-11)23-16-7-5-12(21-2)9-13(16)18/h4-10H,3H2,1-2H3,(H-,19,20)/p+1. The van der Waals surface area contributed by atoms with Gasteiger partial charge in [0.25, 0.3) is 0 Å². The molecule has 0 spiro atoms. The predicted molar refractivity (Wildman–Crippen MR) is 87.1 cm³/mol. The first-order chi connectivity index (χ1) is 11.1. The zero-order valence-corrected chi connectivity index (χ0v) is 12.9. The molecule has 2 aromatic carbocycles. The van der Waals surface area contributed by atoms with Gasteiger partial charge in [-0.15, -0.1) is 0 Å². The second-order valence-corrected chi connectivity index (χ2v) is 4.97. The van der Waals surface area contributed by atoms with Crippen LogP contribution in [0, 0.1) is 0 Å². The summed E-state index contributed by atoms with van der Waals surface area (Å²) < 4.78 is 16.8. The SMILES string of the molecule is CCOc1cc(-c2ccc(O)c(O)c2)[o+]c2ccc(OC)cc12. The highest BCUT2D eigenvalue weighted by molar-refractivity contribution is 5.87. The molecule has 0 aliphatic carbocycles. The van der Waals surface area contributed by atoms with Crippen molar-refractivity contribution in [1.82, 2.24) is 0 Å². The van der Waals surface area contributed by atoms with E-state index >= 15 is 0 Å². The van der Waals surface area contributed by atoms with Crippen LogP contribution in [0.1, 0.15) is 6.92 Å². The van der Waals surface area contributed by atoms with Crippen molar-refractivity contribution in [1.29, 1.82) is 0 Å². The molecule has 3 rings (SSSR count). The molecule has 0 aliphatic rings. The Bertz CT molecular complexity index is 857. The molecule has 0 aliphatic heterocycles. The number of rotatable bonds is 4. The second-order valence-electron chi connectivity index (χ2n) is 4.97. The van der Waals surface area contributed by atoms with Crippen LogP contribution < -0.4 is 9.47 Å². The van der Waals surface area contributed by atoms with Gasteiger partial charge in [-0.05, 0) is 25.1 Å². The molecule has 5 heteroatoms. The molecule has 1 aromatic heterocycles. The molecule has 3 aromatic rings. The summed E-state index contributed by atoms with van der Waals surface area (Å²) in [4.78, 5) is 0. The summed E-state index contributed by atoms with van der Waals surface area (Å²) in [6.45, 7) is 2.42. The van der Waals surface area contributed by atoms with Gasteiger partial charge in [0.2, 0.25) is 0 Å². The van der Waals surface area contributed by atoms with Gasteiger partial charge in [0.05, 0.1) is 25.3 Å². The van der Waals surface area contributed by atoms with E-state index in [0.717, 1.165) is 5.39 Å². The van der Waals surface area contributed by atoms with E-state index in [1.54, 1.807) is 31.4 Å². The molecule has 2 N–H and O–H groups in total. The summed E-state index contributed by atoms with van der Waals surface area (Å²) in [5, 5.41) is 19.9. The lowest BCUT2D eigenvalue weighted by molar-refractivity contribution is 0.342. The fraction of sp³-hybridized carbons (Fsp3) is 0.167. The molecule has 0 radical (unpaired) electrons. The summed E-state index contributed by atoms with van der Waals surface area (Å²) in [5.74, 6) is 1.52. The van der Waals surface area contributed by atoms with E-state index in [9.17, 15) is 10.2 Å². The van der Waals surface area contributed by atoms with E-state index < -0.39 is 0 Å². The Balaban J connectivity index is 2.20. The molecule has 0 amide bonds. The minimum atomic E-state index is -0.203. The van der Waals surface area contributed by atoms with Crippen LogP contribution in [-0.2, 0) is 0 Å². The summed E-state index contributed by atoms with van der Waals surface area (Å²) in [5.41, 5.74) is 1.28. The highest BCUT2D eigenvalue weighted by Gasteiger charge is 2.21. The lowest BCUT2D eigenvalue weighted by Gasteiger charge is -2.05. The summed E-state index contributed by atoms with van der Waals surface area (Å²) in [6.07, 6.45) is 0. The molecule has 0 atom stereocenters. The fourth-order valence-electron chi connectivity index (χ4n) is 2.36. The molecular formula is C18H17O5+. The van der Waals surface area contributed by atoms with Gasteiger partial charge >= 0.3 is 11.3 Å². The van der Waals surface area contributed by atoms with E-state index in [0.29, 0.717) is 35.0 Å². The van der Waals surface area contributed by atoms with Gasteiger partial charge < -0.3 is 19.7 Å². The minimum absolute atomic E-state index is 0.177. The van der Waals surface area contributed by atoms with Crippen molar-refractivity contribution < 1.29 is 24.1 Å². The maximum atomic E-state index is 9.68. The highest BCUT2D eigenvalue weighted by atomic mass is 16.5. The van der Waals surface area contributed by atoms with Crippen molar-refractivity contribution in [2.75, 3.05) is 13.7 Å². The first kappa shape index (κ1) is 15.0. The number of benzene rings is 2. The topological polar surface area (TPSA) is 70.2 Å². The zero-order chi connectivity index (χ0) is 16.4. The molecule has 1 heterocycles. The van der Waals surface area contributed by atoms with Crippen LogP contribution in [-0.4, -0.2) is 23.9 Å². The van der Waals surface area contributed by atoms with E-state index in [1.807, 2.05) is 13.0 Å². The number of ether oxygens (including phenoxy) is 2. The van der Waals surface area contributed by atoms with Gasteiger partial charge in [0.1, 0.15) is 16.9 Å². The third kappa shape index (κ3) is 2.85. The maximum Gasteiger partial charge on any atom is 0.364 e. The van der Waals surface area contributed by atoms with Gasteiger partial charge in [0, 0.05) is 18.2 Å². The van der Waals surface area contributed by atoms with Gasteiger partial charge in [-0.25, -0.2) is 4.42 Å². The van der Waals surface area contributed by atoms with Crippen molar-refractivity contribution in [2.45, 2.75) is 6.92 Å². The molecule has 118 valence electrons. The van der Waals surface area contributed by atoms with Crippen LogP contribution >= 0.6 is 0 Å². The minimum Gasteiger partial charge on any atom is -0.504 e. The van der Waals surface area contributed by atoms with Gasteiger partial charge in [0.15, 0.2) is 11.5 Å². The van der Waals surface area contributed by atoms with E-state index in [-0.39, 0.29) is 11.5 Å². The number of aromatic hydroxyl groups is 2. The molecule has 0 fully saturated rings. The lowest BCUT2D eigenvalue weighted by atomic mass is 10.1. The van der Waals surface area contributed by atoms with Crippen molar-refractivity contribution in [3.63, 3.8) is 0 Å². The van der Waals surface area contributed by atoms with Crippen LogP contribution in [0.4, 0.5) is 0 Å². The number of hydrogen-bond donors (Lipinski definition) is 2. The van der Waals surface area contributed by atoms with Crippen molar-refractivity contribution in [3.05, 3.63) is 42.5 Å². The van der Waals surface area contributed by atoms with Crippen molar-refractivity contribution in [2.24, 2.45) is 0 Å². The molecule has 0 saturated carbocycles. The molecule has 23 heavy (non-hydrogen) atoms. The zero-order valence-electron chi connectivity index (χ0n) is 12.9. The Hall–Kier alpha value is -2.95. The molecule has 0 unspecified atom stereocenters. The second kappa shape index (κ2) is 6.04. The van der Waals surface area contributed by atoms with Gasteiger partial charge in [-0.3, -0.25) is 0 Å². The van der Waals surface area contributed by atoms with Crippen LogP contribution in [0.5, 0.6) is 23.0 Å². The average Bonchev–Trinajstić information content (AvgIpc) is 2.57. The van der Waals surface area contributed by atoms with Gasteiger partial charge in [-0.1, -0.05) is 0 Å². The molecule has 0 bridgehead atoms. The number of hydrogen-bond acceptors (Lipinski definition) is 4. The normalized spacial score (nSPS) is 10.7. The first-order valence-electron chi connectivity index (χ1n) is 7.22. The number of phenolic OH excluding ortho intramolecular Hbond substituents is 2. The third-order valence-electron chi connectivity index (χ3n) is 3.49. The molecular weight excluding hydrogens is 296 g/mol. The quantitative estimate of drug-likeness (QED) is 0.558. The first-order valence-corrected chi connectivity index (χ1v) is 7.22.